The molecule has 0 amide bonds. The van der Waals surface area contributed by atoms with Gasteiger partial charge >= 0.3 is 0 Å². The van der Waals surface area contributed by atoms with Crippen LogP contribution in [0, 0.1) is 6.92 Å². The van der Waals surface area contributed by atoms with Crippen molar-refractivity contribution in [3.8, 4) is 11.5 Å². The Balaban J connectivity index is 1.85. The van der Waals surface area contributed by atoms with Crippen molar-refractivity contribution in [3.05, 3.63) is 78.2 Å². The van der Waals surface area contributed by atoms with E-state index in [-0.39, 0.29) is 32.5 Å². The number of hydrogen-bond donors (Lipinski definition) is 0. The number of nitrogens with zero attached hydrogens (tertiary/aromatic N) is 2. The summed E-state index contributed by atoms with van der Waals surface area (Å²) in [5.74, 6) is 2.05. The molecular weight excluding hydrogens is 556 g/mol. The maximum atomic E-state index is 13.9. The zero-order chi connectivity index (χ0) is 26.8. The number of halogens is 1. The van der Waals surface area contributed by atoms with Crippen LogP contribution in [0.3, 0.4) is 0 Å². The maximum Gasteiger partial charge on any atom is 0.268 e. The fourth-order valence-electron chi connectivity index (χ4n) is 3.87. The topological polar surface area (TPSA) is 93.2 Å². The fraction of sp³-hybridized carbons (Fsp3) is 0.240. The molecule has 1 aliphatic heterocycles. The highest BCUT2D eigenvalue weighted by Crippen LogP contribution is 2.41. The highest BCUT2D eigenvalue weighted by molar-refractivity contribution is 7.99. The standard InChI is InChI=1S/C25H25ClN2O6S3/c1-18-16-24(33-2)25(34-3)17-23(18)28(37(31,32)22-8-4-19(26)5-9-22)20-6-10-21(11-7-20)36(29,30)27-12-14-35-15-13-27/h1,4-11,16-17H,12-15H2,2-3H3. The molecule has 1 saturated heterocycles. The van der Waals surface area contributed by atoms with E-state index in [0.717, 1.165) is 15.8 Å². The molecule has 0 aromatic heterocycles. The Hall–Kier alpha value is -2.44. The van der Waals surface area contributed by atoms with Crippen molar-refractivity contribution >= 4 is 54.8 Å². The molecule has 1 aliphatic rings. The Bertz CT molecular complexity index is 1470. The third-order valence-corrected chi connectivity index (χ3v) is 10.6. The van der Waals surface area contributed by atoms with E-state index < -0.39 is 20.0 Å². The quantitative estimate of drug-likeness (QED) is 0.382. The largest absolute Gasteiger partial charge is 0.493 e. The van der Waals surface area contributed by atoms with Crippen molar-refractivity contribution < 1.29 is 26.3 Å². The van der Waals surface area contributed by atoms with Crippen molar-refractivity contribution in [2.75, 3.05) is 43.1 Å². The summed E-state index contributed by atoms with van der Waals surface area (Å²) in [6.45, 7) is 7.14. The maximum absolute atomic E-state index is 13.9. The molecule has 0 saturated carbocycles. The van der Waals surface area contributed by atoms with Gasteiger partial charge in [0.2, 0.25) is 10.0 Å². The van der Waals surface area contributed by atoms with E-state index >= 15 is 0 Å². The van der Waals surface area contributed by atoms with Crippen LogP contribution < -0.4 is 13.8 Å². The molecular formula is C25H25ClN2O6S3. The Labute approximate surface area is 227 Å². The van der Waals surface area contributed by atoms with Crippen LogP contribution in [0.15, 0.2) is 70.5 Å². The van der Waals surface area contributed by atoms with Crippen LogP contribution >= 0.6 is 23.4 Å². The molecule has 0 unspecified atom stereocenters. The van der Waals surface area contributed by atoms with Gasteiger partial charge in [0.1, 0.15) is 0 Å². The SMILES string of the molecule is [CH]c1cc(OC)c(OC)cc1N(c1ccc(S(=O)(=O)N2CCSCC2)cc1)S(=O)(=O)c1ccc(Cl)cc1. The summed E-state index contributed by atoms with van der Waals surface area (Å²) in [6, 6.07) is 14.3. The minimum atomic E-state index is -4.22. The number of sulfonamides is 2. The van der Waals surface area contributed by atoms with Crippen LogP contribution in [0.5, 0.6) is 11.5 Å². The van der Waals surface area contributed by atoms with Crippen LogP contribution in [0.4, 0.5) is 11.4 Å². The average molecular weight is 581 g/mol. The number of hydrogen-bond acceptors (Lipinski definition) is 7. The van der Waals surface area contributed by atoms with Crippen LogP contribution in [-0.2, 0) is 20.0 Å². The van der Waals surface area contributed by atoms with E-state index in [1.807, 2.05) is 0 Å². The zero-order valence-corrected chi connectivity index (χ0v) is 23.3. The van der Waals surface area contributed by atoms with Crippen molar-refractivity contribution in [2.45, 2.75) is 9.79 Å². The van der Waals surface area contributed by atoms with Gasteiger partial charge in [0.15, 0.2) is 11.5 Å². The first-order valence-electron chi connectivity index (χ1n) is 11.1. The van der Waals surface area contributed by atoms with Crippen molar-refractivity contribution in [3.63, 3.8) is 0 Å². The molecule has 1 heterocycles. The lowest BCUT2D eigenvalue weighted by Gasteiger charge is -2.28. The molecule has 0 N–H and O–H groups in total. The summed E-state index contributed by atoms with van der Waals surface area (Å²) < 4.78 is 67.2. The van der Waals surface area contributed by atoms with E-state index in [9.17, 15) is 16.8 Å². The number of thioether (sulfide) groups is 1. The summed E-state index contributed by atoms with van der Waals surface area (Å²) in [4.78, 5) is 0.0425. The molecule has 4 rings (SSSR count). The highest BCUT2D eigenvalue weighted by atomic mass is 35.5. The molecule has 0 atom stereocenters. The number of rotatable bonds is 8. The van der Waals surface area contributed by atoms with Gasteiger partial charge in [-0.25, -0.2) is 21.1 Å². The van der Waals surface area contributed by atoms with Gasteiger partial charge in [0.25, 0.3) is 10.0 Å². The second kappa shape index (κ2) is 11.1. The van der Waals surface area contributed by atoms with Crippen molar-refractivity contribution in [1.29, 1.82) is 0 Å². The smallest absolute Gasteiger partial charge is 0.268 e. The van der Waals surface area contributed by atoms with Gasteiger partial charge in [-0.1, -0.05) is 11.6 Å². The van der Waals surface area contributed by atoms with E-state index in [1.54, 1.807) is 11.8 Å². The lowest BCUT2D eigenvalue weighted by molar-refractivity contribution is 0.355. The minimum Gasteiger partial charge on any atom is -0.493 e. The van der Waals surface area contributed by atoms with Crippen LogP contribution in [0.25, 0.3) is 0 Å². The Morgan fingerprint density at radius 3 is 1.97 bits per heavy atom. The first kappa shape index (κ1) is 27.6. The monoisotopic (exact) mass is 580 g/mol. The third kappa shape index (κ3) is 5.56. The Kier molecular flexibility index (Phi) is 8.29. The van der Waals surface area contributed by atoms with Gasteiger partial charge in [0.05, 0.1) is 35.4 Å². The summed E-state index contributed by atoms with van der Waals surface area (Å²) in [5, 5.41) is 0.377. The van der Waals surface area contributed by atoms with Gasteiger partial charge in [-0.2, -0.15) is 16.1 Å². The molecule has 0 bridgehead atoms. The molecule has 0 aliphatic carbocycles. The average Bonchev–Trinajstić information content (AvgIpc) is 2.90. The molecule has 2 radical (unpaired) electrons. The molecule has 8 nitrogen and oxygen atoms in total. The molecule has 3 aromatic rings. The van der Waals surface area contributed by atoms with Gasteiger partial charge in [-0.3, -0.25) is 0 Å². The molecule has 37 heavy (non-hydrogen) atoms. The second-order valence-corrected chi connectivity index (χ2v) is 13.4. The van der Waals surface area contributed by atoms with Gasteiger partial charge < -0.3 is 9.47 Å². The van der Waals surface area contributed by atoms with E-state index in [4.69, 9.17) is 28.0 Å². The summed E-state index contributed by atoms with van der Waals surface area (Å²) in [5.41, 5.74) is 0.399. The number of anilines is 2. The molecule has 12 heteroatoms. The zero-order valence-electron chi connectivity index (χ0n) is 20.1. The summed E-state index contributed by atoms with van der Waals surface area (Å²) >= 11 is 7.68. The number of methoxy groups -OCH3 is 2. The lowest BCUT2D eigenvalue weighted by Crippen LogP contribution is -2.37. The molecule has 3 aromatic carbocycles. The van der Waals surface area contributed by atoms with Gasteiger partial charge in [-0.15, -0.1) is 0 Å². The van der Waals surface area contributed by atoms with Crippen molar-refractivity contribution in [1.82, 2.24) is 4.31 Å². The van der Waals surface area contributed by atoms with Gasteiger partial charge in [-0.05, 0) is 60.2 Å². The molecule has 0 spiro atoms. The van der Waals surface area contributed by atoms with E-state index in [1.165, 1.54) is 79.2 Å². The normalized spacial score (nSPS) is 14.8. The lowest BCUT2D eigenvalue weighted by atomic mass is 10.1. The molecule has 196 valence electrons. The Morgan fingerprint density at radius 1 is 0.865 bits per heavy atom. The first-order valence-corrected chi connectivity index (χ1v) is 15.5. The third-order valence-electron chi connectivity index (χ3n) is 5.78. The fourth-order valence-corrected chi connectivity index (χ4v) is 8.08. The number of benzene rings is 3. The highest BCUT2D eigenvalue weighted by Gasteiger charge is 2.31. The summed E-state index contributed by atoms with van der Waals surface area (Å²) in [7, 11) is -5.07. The van der Waals surface area contributed by atoms with Crippen LogP contribution in [-0.4, -0.2) is 60.0 Å². The van der Waals surface area contributed by atoms with Gasteiger partial charge in [0, 0.05) is 42.6 Å². The summed E-state index contributed by atoms with van der Waals surface area (Å²) in [6.07, 6.45) is 0. The van der Waals surface area contributed by atoms with E-state index in [0.29, 0.717) is 23.9 Å². The molecule has 1 fully saturated rings. The second-order valence-electron chi connectivity index (χ2n) is 8.00. The number of ether oxygens (including phenoxy) is 2. The predicted molar refractivity (Wildman–Crippen MR) is 146 cm³/mol. The van der Waals surface area contributed by atoms with E-state index in [2.05, 4.69) is 0 Å². The van der Waals surface area contributed by atoms with Crippen molar-refractivity contribution in [2.24, 2.45) is 0 Å². The Morgan fingerprint density at radius 2 is 1.41 bits per heavy atom. The van der Waals surface area contributed by atoms with Crippen LogP contribution in [0.2, 0.25) is 5.02 Å². The predicted octanol–water partition coefficient (Wildman–Crippen LogP) is 4.68. The van der Waals surface area contributed by atoms with Crippen LogP contribution in [0.1, 0.15) is 5.56 Å². The minimum absolute atomic E-state index is 0.0337. The first-order chi connectivity index (χ1) is 17.6.